The number of phenolic OH excluding ortho intramolecular Hbond substituents is 2. The van der Waals surface area contributed by atoms with E-state index in [4.69, 9.17) is 0 Å². The molecule has 0 saturated carbocycles. The Hall–Kier alpha value is -4.83. The molecule has 0 aliphatic heterocycles. The van der Waals surface area contributed by atoms with Gasteiger partial charge in [-0.15, -0.1) is 10.2 Å². The number of para-hydroxylation sites is 1. The van der Waals surface area contributed by atoms with Gasteiger partial charge in [0.25, 0.3) is 5.91 Å². The predicted molar refractivity (Wildman–Crippen MR) is 155 cm³/mol. The number of carboxylic acid groups (broad SMARTS) is 1. The van der Waals surface area contributed by atoms with Crippen molar-refractivity contribution < 1.29 is 29.7 Å². The van der Waals surface area contributed by atoms with E-state index in [0.717, 1.165) is 0 Å². The van der Waals surface area contributed by atoms with Gasteiger partial charge >= 0.3 is 5.97 Å². The van der Waals surface area contributed by atoms with Gasteiger partial charge in [0.05, 0.1) is 11.1 Å². The van der Waals surface area contributed by atoms with Crippen LogP contribution in [0, 0.1) is 0 Å². The number of rotatable bonds is 7. The molecule has 5 aromatic rings. The minimum absolute atomic E-state index is 0. The zero-order chi connectivity index (χ0) is 28.2. The number of fused-ring (bicyclic) bond motifs is 1. The van der Waals surface area contributed by atoms with Crippen molar-refractivity contribution in [2.75, 3.05) is 5.32 Å². The number of benzene rings is 5. The van der Waals surface area contributed by atoms with Gasteiger partial charge in [-0.1, -0.05) is 60.7 Å². The summed E-state index contributed by atoms with van der Waals surface area (Å²) in [5.74, 6) is -3.10. The van der Waals surface area contributed by atoms with E-state index in [1.54, 1.807) is 60.7 Å². The van der Waals surface area contributed by atoms with Crippen molar-refractivity contribution in [1.29, 1.82) is 0 Å². The molecule has 197 valence electrons. The Labute approximate surface area is 256 Å². The molecule has 1 radical (unpaired) electrons. The van der Waals surface area contributed by atoms with Crippen LogP contribution < -0.4 is 5.32 Å². The first-order valence-electron chi connectivity index (χ1n) is 12.1. The molecule has 0 fully saturated rings. The van der Waals surface area contributed by atoms with Crippen LogP contribution in [-0.2, 0) is 0 Å². The average Bonchev–Trinajstić information content (AvgIpc) is 2.97. The van der Waals surface area contributed by atoms with Crippen LogP contribution in [0.25, 0.3) is 10.8 Å². The van der Waals surface area contributed by atoms with Gasteiger partial charge in [-0.05, 0) is 47.9 Å². The monoisotopic (exact) mass is 554 g/mol. The van der Waals surface area contributed by atoms with Gasteiger partial charge in [0, 0.05) is 51.8 Å². The van der Waals surface area contributed by atoms with E-state index in [0.29, 0.717) is 16.5 Å². The Bertz CT molecular complexity index is 1820. The van der Waals surface area contributed by atoms with Gasteiger partial charge in [-0.2, -0.15) is 0 Å². The largest absolute Gasteiger partial charge is 0.506 e. The number of carbonyl (C=O) groups is 3. The molecule has 0 heterocycles. The fourth-order valence-electron chi connectivity index (χ4n) is 4.18. The van der Waals surface area contributed by atoms with Gasteiger partial charge in [0.1, 0.15) is 17.1 Å². The van der Waals surface area contributed by atoms with Crippen LogP contribution in [0.1, 0.15) is 36.6 Å². The molecule has 0 bridgehead atoms. The summed E-state index contributed by atoms with van der Waals surface area (Å²) in [5, 5.41) is 43.0. The third-order valence-electron chi connectivity index (χ3n) is 6.17. The number of anilines is 1. The first-order valence-corrected chi connectivity index (χ1v) is 12.1. The first kappa shape index (κ1) is 29.2. The van der Waals surface area contributed by atoms with Gasteiger partial charge in [-0.25, -0.2) is 4.79 Å². The number of carboxylic acids is 1. The second kappa shape index (κ2) is 12.6. The maximum absolute atomic E-state index is 13.1. The van der Waals surface area contributed by atoms with E-state index in [-0.39, 0.29) is 68.9 Å². The minimum Gasteiger partial charge on any atom is -0.506 e. The molecule has 0 aliphatic rings. The molecule has 0 atom stereocenters. The maximum Gasteiger partial charge on any atom is 0.336 e. The van der Waals surface area contributed by atoms with Gasteiger partial charge in [0.2, 0.25) is 0 Å². The molecule has 9 nitrogen and oxygen atoms in total. The summed E-state index contributed by atoms with van der Waals surface area (Å²) in [6.45, 7) is 0. The smallest absolute Gasteiger partial charge is 0.336 e. The van der Waals surface area contributed by atoms with Crippen LogP contribution in [0.5, 0.6) is 11.5 Å². The fraction of sp³-hybridized carbons (Fsp3) is 0. The molecule has 5 rings (SSSR count). The third kappa shape index (κ3) is 6.17. The van der Waals surface area contributed by atoms with Gasteiger partial charge in [-0.3, -0.25) is 9.59 Å². The zero-order valence-electron chi connectivity index (χ0n) is 21.8. The summed E-state index contributed by atoms with van der Waals surface area (Å²) in [7, 11) is 0. The molecular formula is C31H21N3NaO6. The molecule has 1 amide bonds. The van der Waals surface area contributed by atoms with Crippen molar-refractivity contribution in [1.82, 2.24) is 0 Å². The van der Waals surface area contributed by atoms with Crippen molar-refractivity contribution in [2.45, 2.75) is 0 Å². The van der Waals surface area contributed by atoms with Crippen LogP contribution in [0.3, 0.4) is 0 Å². The maximum atomic E-state index is 13.1. The normalized spacial score (nSPS) is 10.7. The molecule has 0 saturated heterocycles. The van der Waals surface area contributed by atoms with Crippen molar-refractivity contribution in [3.8, 4) is 11.5 Å². The molecule has 10 heteroatoms. The van der Waals surface area contributed by atoms with E-state index in [2.05, 4.69) is 15.5 Å². The Balaban J connectivity index is 0.00000387. The zero-order valence-corrected chi connectivity index (χ0v) is 23.8. The van der Waals surface area contributed by atoms with Crippen molar-refractivity contribution in [2.24, 2.45) is 10.2 Å². The van der Waals surface area contributed by atoms with Crippen LogP contribution in [0.4, 0.5) is 17.1 Å². The van der Waals surface area contributed by atoms with E-state index in [1.807, 2.05) is 6.07 Å². The summed E-state index contributed by atoms with van der Waals surface area (Å²) in [6, 6.07) is 26.9. The summed E-state index contributed by atoms with van der Waals surface area (Å²) in [4.78, 5) is 37.7. The van der Waals surface area contributed by atoms with E-state index in [1.165, 1.54) is 36.4 Å². The SMILES string of the molecule is O=C(O)c1ccccc1C(=O)c1ccc(O)c(N=Nc2c(O)c(C(=O)Nc3ccccc3)cc3ccccc23)c1.[Na]. The topological polar surface area (TPSA) is 149 Å². The molecular weight excluding hydrogens is 533 g/mol. The Morgan fingerprint density at radius 2 is 1.34 bits per heavy atom. The summed E-state index contributed by atoms with van der Waals surface area (Å²) in [6.07, 6.45) is 0. The Morgan fingerprint density at radius 3 is 2.07 bits per heavy atom. The first-order chi connectivity index (χ1) is 19.3. The number of hydrogen-bond donors (Lipinski definition) is 4. The van der Waals surface area contributed by atoms with Crippen molar-refractivity contribution >= 4 is 75.1 Å². The molecule has 41 heavy (non-hydrogen) atoms. The van der Waals surface area contributed by atoms with Gasteiger partial charge in [0.15, 0.2) is 11.5 Å². The van der Waals surface area contributed by atoms with Crippen LogP contribution >= 0.6 is 0 Å². The van der Waals surface area contributed by atoms with Crippen LogP contribution in [-0.4, -0.2) is 62.5 Å². The predicted octanol–water partition coefficient (Wildman–Crippen LogP) is 6.47. The number of amides is 1. The fourth-order valence-corrected chi connectivity index (χ4v) is 4.18. The molecule has 0 aromatic heterocycles. The van der Waals surface area contributed by atoms with Gasteiger partial charge < -0.3 is 20.6 Å². The molecule has 0 unspecified atom stereocenters. The number of aromatic carboxylic acids is 1. The average molecular weight is 555 g/mol. The number of aromatic hydroxyl groups is 2. The summed E-state index contributed by atoms with van der Waals surface area (Å²) in [5.41, 5.74) is 0.291. The van der Waals surface area contributed by atoms with E-state index >= 15 is 0 Å². The number of azo groups is 1. The number of hydrogen-bond acceptors (Lipinski definition) is 7. The Kier molecular flexibility index (Phi) is 8.94. The second-order valence-electron chi connectivity index (χ2n) is 8.75. The van der Waals surface area contributed by atoms with Crippen LogP contribution in [0.2, 0.25) is 0 Å². The summed E-state index contributed by atoms with van der Waals surface area (Å²) >= 11 is 0. The molecule has 4 N–H and O–H groups in total. The quantitative estimate of drug-likeness (QED) is 0.103. The van der Waals surface area contributed by atoms with Crippen molar-refractivity contribution in [3.63, 3.8) is 0 Å². The minimum atomic E-state index is -1.25. The van der Waals surface area contributed by atoms with E-state index < -0.39 is 23.4 Å². The number of nitrogens with one attached hydrogen (secondary N) is 1. The number of carbonyl (C=O) groups excluding carboxylic acids is 2. The molecule has 0 aliphatic carbocycles. The number of phenols is 2. The Morgan fingerprint density at radius 1 is 0.683 bits per heavy atom. The van der Waals surface area contributed by atoms with E-state index in [9.17, 15) is 29.7 Å². The third-order valence-corrected chi connectivity index (χ3v) is 6.17. The second-order valence-corrected chi connectivity index (χ2v) is 8.75. The number of nitrogens with zero attached hydrogens (tertiary/aromatic N) is 2. The van der Waals surface area contributed by atoms with Crippen LogP contribution in [0.15, 0.2) is 113 Å². The van der Waals surface area contributed by atoms with Crippen molar-refractivity contribution in [3.05, 3.63) is 125 Å². The molecule has 0 spiro atoms. The molecule has 5 aromatic carbocycles. The standard InChI is InChI=1S/C31H21N3O6.Na/c35-26-15-14-19(28(36)22-12-6-7-13-23(22)31(39)40)17-25(26)33-34-27-21-11-5-4-8-18(21)16-24(29(27)37)30(38)32-20-9-2-1-3-10-20;/h1-17,35,37H,(H,32,38)(H,39,40);. The number of ketones is 1. The summed E-state index contributed by atoms with van der Waals surface area (Å²) < 4.78 is 0.